The van der Waals surface area contributed by atoms with Gasteiger partial charge in [0.25, 0.3) is 0 Å². The third-order valence-electron chi connectivity index (χ3n) is 2.19. The summed E-state index contributed by atoms with van der Waals surface area (Å²) in [6.45, 7) is 0.461. The van der Waals surface area contributed by atoms with E-state index in [-0.39, 0.29) is 5.82 Å². The van der Waals surface area contributed by atoms with Crippen LogP contribution in [0.25, 0.3) is 0 Å². The monoisotopic (exact) mass is 302 g/mol. The van der Waals surface area contributed by atoms with Crippen LogP contribution >= 0.6 is 27.5 Å². The van der Waals surface area contributed by atoms with Gasteiger partial charge in [0.1, 0.15) is 5.82 Å². The first-order valence-electron chi connectivity index (χ1n) is 4.69. The molecule has 2 aromatic rings. The van der Waals surface area contributed by atoms with E-state index < -0.39 is 0 Å². The molecule has 2 rings (SSSR count). The van der Waals surface area contributed by atoms with Crippen LogP contribution in [0.2, 0.25) is 0 Å². The minimum Gasteiger partial charge on any atom is -0.333 e. The standard InChI is InChI=1S/C11H9BrClFN2/c12-9-2-1-8(11(14)3-9)5-16-6-10(4-13)15-7-16/h1-3,6-7H,4-5H2. The van der Waals surface area contributed by atoms with Crippen molar-refractivity contribution in [3.05, 3.63) is 52.3 Å². The number of rotatable bonds is 3. The van der Waals surface area contributed by atoms with Crippen LogP contribution in [0, 0.1) is 5.82 Å². The van der Waals surface area contributed by atoms with E-state index in [9.17, 15) is 4.39 Å². The highest BCUT2D eigenvalue weighted by Crippen LogP contribution is 2.16. The number of nitrogens with zero attached hydrogens (tertiary/aromatic N) is 2. The van der Waals surface area contributed by atoms with E-state index in [1.807, 2.05) is 16.8 Å². The van der Waals surface area contributed by atoms with Gasteiger partial charge in [0.05, 0.1) is 24.4 Å². The molecule has 1 aromatic heterocycles. The SMILES string of the molecule is Fc1cc(Br)ccc1Cn1cnc(CCl)c1. The third kappa shape index (κ3) is 2.62. The van der Waals surface area contributed by atoms with Gasteiger partial charge in [0, 0.05) is 16.2 Å². The van der Waals surface area contributed by atoms with Crippen molar-refractivity contribution >= 4 is 27.5 Å². The van der Waals surface area contributed by atoms with Crippen molar-refractivity contribution in [1.82, 2.24) is 9.55 Å². The number of alkyl halides is 1. The van der Waals surface area contributed by atoms with Gasteiger partial charge < -0.3 is 4.57 Å². The summed E-state index contributed by atoms with van der Waals surface area (Å²) >= 11 is 8.86. The van der Waals surface area contributed by atoms with Crippen molar-refractivity contribution in [2.24, 2.45) is 0 Å². The molecule has 0 aliphatic rings. The van der Waals surface area contributed by atoms with Crippen LogP contribution in [0.5, 0.6) is 0 Å². The highest BCUT2D eigenvalue weighted by molar-refractivity contribution is 9.10. The van der Waals surface area contributed by atoms with Crippen molar-refractivity contribution in [2.45, 2.75) is 12.4 Å². The molecule has 5 heteroatoms. The molecule has 1 aromatic carbocycles. The van der Waals surface area contributed by atoms with E-state index >= 15 is 0 Å². The average molecular weight is 304 g/mol. The van der Waals surface area contributed by atoms with Gasteiger partial charge in [-0.05, 0) is 12.1 Å². The van der Waals surface area contributed by atoms with Crippen molar-refractivity contribution in [1.29, 1.82) is 0 Å². The largest absolute Gasteiger partial charge is 0.333 e. The first-order valence-corrected chi connectivity index (χ1v) is 6.02. The predicted molar refractivity (Wildman–Crippen MR) is 65.0 cm³/mol. The summed E-state index contributed by atoms with van der Waals surface area (Å²) in [5.41, 5.74) is 1.42. The Hall–Kier alpha value is -0.870. The summed E-state index contributed by atoms with van der Waals surface area (Å²) in [4.78, 5) is 4.08. The lowest BCUT2D eigenvalue weighted by molar-refractivity contribution is 0.598. The Morgan fingerprint density at radius 1 is 1.44 bits per heavy atom. The second kappa shape index (κ2) is 4.97. The molecule has 0 N–H and O–H groups in total. The Labute approximate surface area is 106 Å². The van der Waals surface area contributed by atoms with Crippen LogP contribution in [0.4, 0.5) is 4.39 Å². The van der Waals surface area contributed by atoms with Crippen molar-refractivity contribution in [3.8, 4) is 0 Å². The van der Waals surface area contributed by atoms with Crippen LogP contribution in [-0.4, -0.2) is 9.55 Å². The molecule has 16 heavy (non-hydrogen) atoms. The molecule has 0 amide bonds. The molecule has 0 saturated heterocycles. The summed E-state index contributed by atoms with van der Waals surface area (Å²) in [5, 5.41) is 0. The topological polar surface area (TPSA) is 17.8 Å². The molecule has 0 spiro atoms. The molecular formula is C11H9BrClFN2. The van der Waals surface area contributed by atoms with Crippen molar-refractivity contribution in [3.63, 3.8) is 0 Å². The van der Waals surface area contributed by atoms with Crippen molar-refractivity contribution < 1.29 is 4.39 Å². The van der Waals surface area contributed by atoms with E-state index in [2.05, 4.69) is 20.9 Å². The number of hydrogen-bond acceptors (Lipinski definition) is 1. The fourth-order valence-electron chi connectivity index (χ4n) is 1.41. The zero-order valence-electron chi connectivity index (χ0n) is 8.33. The molecular weight excluding hydrogens is 294 g/mol. The molecule has 0 radical (unpaired) electrons. The Morgan fingerprint density at radius 2 is 2.25 bits per heavy atom. The zero-order valence-corrected chi connectivity index (χ0v) is 10.7. The van der Waals surface area contributed by atoms with Gasteiger partial charge in [-0.15, -0.1) is 11.6 Å². The minimum absolute atomic E-state index is 0.226. The molecule has 0 aliphatic carbocycles. The van der Waals surface area contributed by atoms with Crippen molar-refractivity contribution in [2.75, 3.05) is 0 Å². The average Bonchev–Trinajstić information content (AvgIpc) is 2.70. The van der Waals surface area contributed by atoms with Gasteiger partial charge in [0.2, 0.25) is 0 Å². The minimum atomic E-state index is -0.226. The van der Waals surface area contributed by atoms with Gasteiger partial charge in [-0.25, -0.2) is 9.37 Å². The van der Waals surface area contributed by atoms with E-state index in [0.29, 0.717) is 18.0 Å². The molecule has 84 valence electrons. The van der Waals surface area contributed by atoms with Gasteiger partial charge >= 0.3 is 0 Å². The maximum atomic E-state index is 13.5. The van der Waals surface area contributed by atoms with E-state index in [1.165, 1.54) is 6.07 Å². The summed E-state index contributed by atoms with van der Waals surface area (Å²) in [5.74, 6) is 0.144. The lowest BCUT2D eigenvalue weighted by Gasteiger charge is -2.04. The molecule has 1 heterocycles. The van der Waals surface area contributed by atoms with Gasteiger partial charge in [-0.1, -0.05) is 22.0 Å². The predicted octanol–water partition coefficient (Wildman–Crippen LogP) is 3.57. The number of aromatic nitrogens is 2. The van der Waals surface area contributed by atoms with Crippen LogP contribution in [-0.2, 0) is 12.4 Å². The number of benzene rings is 1. The lowest BCUT2D eigenvalue weighted by atomic mass is 10.2. The first-order chi connectivity index (χ1) is 7.69. The van der Waals surface area contributed by atoms with Gasteiger partial charge in [-0.3, -0.25) is 0 Å². The summed E-state index contributed by atoms with van der Waals surface area (Å²) in [6, 6.07) is 5.02. The summed E-state index contributed by atoms with van der Waals surface area (Å²) < 4.78 is 16.1. The molecule has 2 nitrogen and oxygen atoms in total. The maximum absolute atomic E-state index is 13.5. The fourth-order valence-corrected chi connectivity index (χ4v) is 1.88. The second-order valence-electron chi connectivity index (χ2n) is 3.41. The normalized spacial score (nSPS) is 10.7. The quantitative estimate of drug-likeness (QED) is 0.793. The van der Waals surface area contributed by atoms with E-state index in [0.717, 1.165) is 10.2 Å². The lowest BCUT2D eigenvalue weighted by Crippen LogP contribution is -1.99. The summed E-state index contributed by atoms with van der Waals surface area (Å²) in [6.07, 6.45) is 3.47. The van der Waals surface area contributed by atoms with Crippen LogP contribution < -0.4 is 0 Å². The van der Waals surface area contributed by atoms with E-state index in [4.69, 9.17) is 11.6 Å². The molecule has 0 unspecified atom stereocenters. The van der Waals surface area contributed by atoms with Crippen LogP contribution in [0.1, 0.15) is 11.3 Å². The van der Waals surface area contributed by atoms with Crippen LogP contribution in [0.3, 0.4) is 0 Å². The highest BCUT2D eigenvalue weighted by atomic mass is 79.9. The Morgan fingerprint density at radius 3 is 2.88 bits per heavy atom. The Kier molecular flexibility index (Phi) is 3.61. The molecule has 0 atom stereocenters. The maximum Gasteiger partial charge on any atom is 0.129 e. The molecule has 0 saturated carbocycles. The van der Waals surface area contributed by atoms with Gasteiger partial charge in [0.15, 0.2) is 0 Å². The number of halogens is 3. The molecule has 0 fully saturated rings. The third-order valence-corrected chi connectivity index (χ3v) is 2.96. The fraction of sp³-hybridized carbons (Fsp3) is 0.182. The Balaban J connectivity index is 2.20. The zero-order chi connectivity index (χ0) is 11.5. The number of imidazole rings is 1. The van der Waals surface area contributed by atoms with Crippen LogP contribution in [0.15, 0.2) is 35.2 Å². The first kappa shape index (κ1) is 11.6. The van der Waals surface area contributed by atoms with Gasteiger partial charge in [-0.2, -0.15) is 0 Å². The summed E-state index contributed by atoms with van der Waals surface area (Å²) in [7, 11) is 0. The Bertz CT molecular complexity index is 498. The second-order valence-corrected chi connectivity index (χ2v) is 4.59. The smallest absolute Gasteiger partial charge is 0.129 e. The molecule has 0 aliphatic heterocycles. The highest BCUT2D eigenvalue weighted by Gasteiger charge is 2.04. The number of hydrogen-bond donors (Lipinski definition) is 0. The van der Waals surface area contributed by atoms with E-state index in [1.54, 1.807) is 12.4 Å². The molecule has 0 bridgehead atoms.